The van der Waals surface area contributed by atoms with Crippen molar-refractivity contribution in [3.8, 4) is 0 Å². The second kappa shape index (κ2) is 2.92. The van der Waals surface area contributed by atoms with E-state index < -0.39 is 0 Å². The van der Waals surface area contributed by atoms with E-state index in [4.69, 9.17) is 10.8 Å². The summed E-state index contributed by atoms with van der Waals surface area (Å²) in [6, 6.07) is 9.30. The van der Waals surface area contributed by atoms with Gasteiger partial charge < -0.3 is 10.8 Å². The Morgan fingerprint density at radius 3 is 2.40 bits per heavy atom. The van der Waals surface area contributed by atoms with Crippen LogP contribution in [0.25, 0.3) is 5.70 Å². The van der Waals surface area contributed by atoms with Crippen molar-refractivity contribution in [2.75, 3.05) is 0 Å². The molecule has 1 aromatic carbocycles. The number of aliphatic hydroxyl groups is 1. The van der Waals surface area contributed by atoms with Crippen molar-refractivity contribution < 1.29 is 5.11 Å². The van der Waals surface area contributed by atoms with E-state index in [0.29, 0.717) is 5.70 Å². The van der Waals surface area contributed by atoms with Crippen molar-refractivity contribution in [3.05, 3.63) is 42.2 Å². The second-order valence-electron chi connectivity index (χ2n) is 1.95. The molecule has 0 unspecified atom stereocenters. The summed E-state index contributed by atoms with van der Waals surface area (Å²) >= 11 is 0. The lowest BCUT2D eigenvalue weighted by atomic mass is 10.2. The topological polar surface area (TPSA) is 46.2 Å². The van der Waals surface area contributed by atoms with Gasteiger partial charge in [-0.1, -0.05) is 30.3 Å². The molecule has 0 saturated carbocycles. The molecular formula is C8H9NO. The summed E-state index contributed by atoms with van der Waals surface area (Å²) in [5.41, 5.74) is 6.63. The lowest BCUT2D eigenvalue weighted by Gasteiger charge is -1.96. The molecule has 0 heterocycles. The first kappa shape index (κ1) is 6.68. The quantitative estimate of drug-likeness (QED) is 0.573. The highest BCUT2D eigenvalue weighted by molar-refractivity contribution is 5.60. The molecule has 0 bridgehead atoms. The summed E-state index contributed by atoms with van der Waals surface area (Å²) in [7, 11) is 0. The van der Waals surface area contributed by atoms with Crippen LogP contribution in [0.1, 0.15) is 5.56 Å². The summed E-state index contributed by atoms with van der Waals surface area (Å²) in [4.78, 5) is 0. The van der Waals surface area contributed by atoms with Crippen LogP contribution in [0.15, 0.2) is 36.6 Å². The van der Waals surface area contributed by atoms with Gasteiger partial charge in [-0.25, -0.2) is 0 Å². The monoisotopic (exact) mass is 135 g/mol. The van der Waals surface area contributed by atoms with Crippen LogP contribution in [0.3, 0.4) is 0 Å². The first-order chi connectivity index (χ1) is 4.84. The van der Waals surface area contributed by atoms with E-state index in [9.17, 15) is 0 Å². The molecule has 0 aliphatic heterocycles. The number of hydrogen-bond acceptors (Lipinski definition) is 2. The molecule has 1 aromatic rings. The lowest BCUT2D eigenvalue weighted by Crippen LogP contribution is -1.94. The molecule has 0 radical (unpaired) electrons. The van der Waals surface area contributed by atoms with Crippen LogP contribution in [0.4, 0.5) is 0 Å². The minimum Gasteiger partial charge on any atom is -0.513 e. The smallest absolute Gasteiger partial charge is 0.103 e. The number of benzene rings is 1. The van der Waals surface area contributed by atoms with Gasteiger partial charge in [0.25, 0.3) is 0 Å². The van der Waals surface area contributed by atoms with Crippen LogP contribution in [0.5, 0.6) is 0 Å². The van der Waals surface area contributed by atoms with Gasteiger partial charge in [-0.05, 0) is 0 Å². The zero-order valence-electron chi connectivity index (χ0n) is 5.49. The van der Waals surface area contributed by atoms with E-state index in [-0.39, 0.29) is 0 Å². The molecule has 52 valence electrons. The summed E-state index contributed by atoms with van der Waals surface area (Å²) in [5.74, 6) is 0. The molecule has 2 heteroatoms. The average Bonchev–Trinajstić information content (AvgIpc) is 2.05. The van der Waals surface area contributed by atoms with Crippen LogP contribution in [0.2, 0.25) is 0 Å². The Bertz CT molecular complexity index is 228. The maximum Gasteiger partial charge on any atom is 0.103 e. The second-order valence-corrected chi connectivity index (χ2v) is 1.95. The van der Waals surface area contributed by atoms with Gasteiger partial charge in [0.05, 0.1) is 5.70 Å². The standard InChI is InChI=1S/C8H9NO/c9-8(6-10)7-4-2-1-3-5-7/h1-6,10H,9H2/b8-6-. The molecule has 3 N–H and O–H groups in total. The third kappa shape index (κ3) is 1.29. The van der Waals surface area contributed by atoms with Crippen molar-refractivity contribution in [1.29, 1.82) is 0 Å². The van der Waals surface area contributed by atoms with Crippen molar-refractivity contribution in [1.82, 2.24) is 0 Å². The van der Waals surface area contributed by atoms with Crippen LogP contribution >= 0.6 is 0 Å². The third-order valence-corrected chi connectivity index (χ3v) is 1.25. The van der Waals surface area contributed by atoms with Crippen LogP contribution in [-0.2, 0) is 0 Å². The number of rotatable bonds is 1. The summed E-state index contributed by atoms with van der Waals surface area (Å²) in [6.45, 7) is 0. The van der Waals surface area contributed by atoms with E-state index in [0.717, 1.165) is 11.8 Å². The minimum atomic E-state index is 0.389. The van der Waals surface area contributed by atoms with Gasteiger partial charge in [0.1, 0.15) is 6.26 Å². The fourth-order valence-electron chi connectivity index (χ4n) is 0.705. The summed E-state index contributed by atoms with van der Waals surface area (Å²) < 4.78 is 0. The van der Waals surface area contributed by atoms with Crippen LogP contribution in [0, 0.1) is 0 Å². The molecule has 0 fully saturated rings. The Balaban J connectivity index is 2.96. The lowest BCUT2D eigenvalue weighted by molar-refractivity contribution is 0.475. The summed E-state index contributed by atoms with van der Waals surface area (Å²) in [5, 5.41) is 8.50. The molecule has 1 rings (SSSR count). The zero-order chi connectivity index (χ0) is 7.40. The minimum absolute atomic E-state index is 0.389. The normalized spacial score (nSPS) is 11.4. The van der Waals surface area contributed by atoms with E-state index in [1.54, 1.807) is 0 Å². The maximum atomic E-state index is 8.50. The predicted molar refractivity (Wildman–Crippen MR) is 41.2 cm³/mol. The van der Waals surface area contributed by atoms with Crippen molar-refractivity contribution in [2.24, 2.45) is 5.73 Å². The zero-order valence-corrected chi connectivity index (χ0v) is 5.49. The van der Waals surface area contributed by atoms with E-state index in [1.165, 1.54) is 0 Å². The SMILES string of the molecule is N/C(=C\O)c1ccccc1. The predicted octanol–water partition coefficient (Wildman–Crippen LogP) is 1.50. The van der Waals surface area contributed by atoms with E-state index >= 15 is 0 Å². The molecular weight excluding hydrogens is 126 g/mol. The number of nitrogens with two attached hydrogens (primary N) is 1. The van der Waals surface area contributed by atoms with Crippen molar-refractivity contribution in [2.45, 2.75) is 0 Å². The van der Waals surface area contributed by atoms with Gasteiger partial charge in [-0.3, -0.25) is 0 Å². The Kier molecular flexibility index (Phi) is 1.95. The highest BCUT2D eigenvalue weighted by Crippen LogP contribution is 2.05. The van der Waals surface area contributed by atoms with Gasteiger partial charge in [0, 0.05) is 5.56 Å². The summed E-state index contributed by atoms with van der Waals surface area (Å²) in [6.07, 6.45) is 0.898. The molecule has 0 saturated heterocycles. The van der Waals surface area contributed by atoms with Crippen molar-refractivity contribution >= 4 is 5.70 Å². The average molecular weight is 135 g/mol. The molecule has 2 nitrogen and oxygen atoms in total. The molecule has 0 amide bonds. The molecule has 0 atom stereocenters. The Labute approximate surface area is 59.6 Å². The third-order valence-electron chi connectivity index (χ3n) is 1.25. The Morgan fingerprint density at radius 2 is 1.90 bits per heavy atom. The van der Waals surface area contributed by atoms with Gasteiger partial charge in [-0.2, -0.15) is 0 Å². The highest BCUT2D eigenvalue weighted by atomic mass is 16.2. The van der Waals surface area contributed by atoms with Gasteiger partial charge in [0.2, 0.25) is 0 Å². The number of hydrogen-bond donors (Lipinski definition) is 2. The van der Waals surface area contributed by atoms with Crippen molar-refractivity contribution in [3.63, 3.8) is 0 Å². The fourth-order valence-corrected chi connectivity index (χ4v) is 0.705. The largest absolute Gasteiger partial charge is 0.513 e. The number of aliphatic hydroxyl groups excluding tert-OH is 1. The molecule has 10 heavy (non-hydrogen) atoms. The Morgan fingerprint density at radius 1 is 1.30 bits per heavy atom. The molecule has 0 aliphatic carbocycles. The first-order valence-electron chi connectivity index (χ1n) is 3.00. The van der Waals surface area contributed by atoms with Gasteiger partial charge >= 0.3 is 0 Å². The Hall–Kier alpha value is -1.44. The van der Waals surface area contributed by atoms with Gasteiger partial charge in [0.15, 0.2) is 0 Å². The molecule has 0 aliphatic rings. The van der Waals surface area contributed by atoms with E-state index in [1.807, 2.05) is 30.3 Å². The van der Waals surface area contributed by atoms with Crippen LogP contribution < -0.4 is 5.73 Å². The molecule has 0 spiro atoms. The maximum absolute atomic E-state index is 8.50. The van der Waals surface area contributed by atoms with E-state index in [2.05, 4.69) is 0 Å². The van der Waals surface area contributed by atoms with Crippen LogP contribution in [-0.4, -0.2) is 5.11 Å². The van der Waals surface area contributed by atoms with Gasteiger partial charge in [-0.15, -0.1) is 0 Å². The molecule has 0 aromatic heterocycles. The highest BCUT2D eigenvalue weighted by Gasteiger charge is 1.91. The fraction of sp³-hybridized carbons (Fsp3) is 0. The first-order valence-corrected chi connectivity index (χ1v) is 3.00.